The molecular weight excluding hydrogens is 224 g/mol. The number of carbonyl (C=O) groups is 1. The molecule has 90 valence electrons. The first-order valence-electron chi connectivity index (χ1n) is 4.89. The van der Waals surface area contributed by atoms with Gasteiger partial charge in [-0.25, -0.2) is 0 Å². The van der Waals surface area contributed by atoms with Crippen LogP contribution in [0.1, 0.15) is 28.9 Å². The third-order valence-electron chi connectivity index (χ3n) is 2.20. The van der Waals surface area contributed by atoms with Crippen molar-refractivity contribution in [2.24, 2.45) is 5.11 Å². The molecule has 7 heteroatoms. The molecule has 0 saturated carbocycles. The van der Waals surface area contributed by atoms with Crippen LogP contribution in [0.4, 0.5) is 0 Å². The van der Waals surface area contributed by atoms with E-state index in [9.17, 15) is 15.0 Å². The minimum Gasteiger partial charge on any atom is -0.390 e. The van der Waals surface area contributed by atoms with E-state index in [-0.39, 0.29) is 12.3 Å². The monoisotopic (exact) mass is 236 g/mol. The second-order valence-corrected chi connectivity index (χ2v) is 3.49. The van der Waals surface area contributed by atoms with Crippen molar-refractivity contribution < 1.29 is 15.0 Å². The van der Waals surface area contributed by atoms with E-state index in [0.29, 0.717) is 11.1 Å². The maximum Gasteiger partial charge on any atom is 0.161 e. The summed E-state index contributed by atoms with van der Waals surface area (Å²) in [6.07, 6.45) is 0.247. The molecule has 7 nitrogen and oxygen atoms in total. The van der Waals surface area contributed by atoms with Crippen molar-refractivity contribution in [2.45, 2.75) is 19.1 Å². The Bertz CT molecular complexity index is 457. The van der Waals surface area contributed by atoms with E-state index in [1.165, 1.54) is 25.4 Å². The summed E-state index contributed by atoms with van der Waals surface area (Å²) in [6.45, 7) is 1.13. The first-order valence-corrected chi connectivity index (χ1v) is 4.89. The molecule has 0 amide bonds. The molecular formula is C10H12N4O3. The largest absolute Gasteiger partial charge is 0.390 e. The van der Waals surface area contributed by atoms with Gasteiger partial charge in [0.05, 0.1) is 12.6 Å². The Balaban J connectivity index is 2.87. The van der Waals surface area contributed by atoms with E-state index >= 15 is 0 Å². The van der Waals surface area contributed by atoms with Crippen molar-refractivity contribution in [1.82, 2.24) is 4.98 Å². The molecule has 0 spiro atoms. The highest BCUT2D eigenvalue weighted by Crippen LogP contribution is 2.17. The van der Waals surface area contributed by atoms with Gasteiger partial charge >= 0.3 is 0 Å². The van der Waals surface area contributed by atoms with E-state index < -0.39 is 12.2 Å². The number of Topliss-reactive ketones (excluding diaryl/α,β-unsaturated/α-hetero) is 1. The van der Waals surface area contributed by atoms with E-state index in [4.69, 9.17) is 5.53 Å². The van der Waals surface area contributed by atoms with Crippen LogP contribution in [-0.2, 0) is 0 Å². The summed E-state index contributed by atoms with van der Waals surface area (Å²) < 4.78 is 0. The number of hydrogen-bond acceptors (Lipinski definition) is 5. The first kappa shape index (κ1) is 13.1. The van der Waals surface area contributed by atoms with E-state index in [1.807, 2.05) is 0 Å². The Hall–Kier alpha value is -1.95. The molecule has 0 aliphatic carbocycles. The summed E-state index contributed by atoms with van der Waals surface area (Å²) in [7, 11) is 0. The fourth-order valence-corrected chi connectivity index (χ4v) is 1.25. The highest BCUT2D eigenvalue weighted by atomic mass is 16.3. The molecule has 1 heterocycles. The van der Waals surface area contributed by atoms with Gasteiger partial charge in [0.1, 0.15) is 6.10 Å². The molecule has 0 aliphatic rings. The second kappa shape index (κ2) is 5.95. The van der Waals surface area contributed by atoms with Crippen LogP contribution < -0.4 is 0 Å². The zero-order valence-corrected chi connectivity index (χ0v) is 9.19. The minimum absolute atomic E-state index is 0.184. The normalized spacial score (nSPS) is 13.6. The van der Waals surface area contributed by atoms with Crippen molar-refractivity contribution in [3.05, 3.63) is 40.0 Å². The lowest BCUT2D eigenvalue weighted by Crippen LogP contribution is -2.21. The van der Waals surface area contributed by atoms with Crippen molar-refractivity contribution in [1.29, 1.82) is 0 Å². The summed E-state index contributed by atoms with van der Waals surface area (Å²) in [5.74, 6) is -0.184. The Morgan fingerprint density at radius 2 is 2.29 bits per heavy atom. The summed E-state index contributed by atoms with van der Waals surface area (Å²) in [4.78, 5) is 17.4. The summed E-state index contributed by atoms with van der Waals surface area (Å²) in [5.41, 5.74) is 8.74. The van der Waals surface area contributed by atoms with Crippen LogP contribution in [0.2, 0.25) is 0 Å². The van der Waals surface area contributed by atoms with Gasteiger partial charge in [-0.3, -0.25) is 9.78 Å². The van der Waals surface area contributed by atoms with Gasteiger partial charge in [-0.1, -0.05) is 5.11 Å². The molecule has 2 N–H and O–H groups in total. The highest BCUT2D eigenvalue weighted by Gasteiger charge is 2.18. The van der Waals surface area contributed by atoms with Gasteiger partial charge in [-0.2, -0.15) is 0 Å². The number of rotatable bonds is 5. The molecule has 2 atom stereocenters. The standard InChI is InChI=1S/C10H12N4O3/c1-6(15)7-2-8(4-12-3-7)10(17)9(16)5-13-14-11/h2-4,9-10,16-17H,5H2,1H3. The maximum atomic E-state index is 11.1. The number of pyridine rings is 1. The van der Waals surface area contributed by atoms with Gasteiger partial charge in [0.2, 0.25) is 0 Å². The molecule has 2 unspecified atom stereocenters. The van der Waals surface area contributed by atoms with Crippen LogP contribution in [-0.4, -0.2) is 33.6 Å². The van der Waals surface area contributed by atoms with Crippen LogP contribution in [0.15, 0.2) is 23.6 Å². The van der Waals surface area contributed by atoms with Crippen molar-refractivity contribution >= 4 is 5.78 Å². The Morgan fingerprint density at radius 3 is 2.88 bits per heavy atom. The molecule has 1 rings (SSSR count). The van der Waals surface area contributed by atoms with E-state index in [2.05, 4.69) is 15.0 Å². The average Bonchev–Trinajstić information content (AvgIpc) is 2.35. The third-order valence-corrected chi connectivity index (χ3v) is 2.20. The fraction of sp³-hybridized carbons (Fsp3) is 0.400. The smallest absolute Gasteiger partial charge is 0.161 e. The van der Waals surface area contributed by atoms with Crippen LogP contribution in [0.3, 0.4) is 0 Å². The number of ketones is 1. The molecule has 0 saturated heterocycles. The number of aromatic nitrogens is 1. The van der Waals surface area contributed by atoms with Crippen molar-refractivity contribution in [3.8, 4) is 0 Å². The molecule has 1 aromatic heterocycles. The minimum atomic E-state index is -1.24. The molecule has 0 radical (unpaired) electrons. The molecule has 17 heavy (non-hydrogen) atoms. The number of carbonyl (C=O) groups excluding carboxylic acids is 1. The Labute approximate surface area is 97.4 Å². The lowest BCUT2D eigenvalue weighted by molar-refractivity contribution is 0.0241. The zero-order valence-electron chi connectivity index (χ0n) is 9.19. The molecule has 0 aromatic carbocycles. The van der Waals surface area contributed by atoms with Crippen molar-refractivity contribution in [2.75, 3.05) is 6.54 Å². The number of nitrogens with zero attached hydrogens (tertiary/aromatic N) is 4. The predicted molar refractivity (Wildman–Crippen MR) is 59.2 cm³/mol. The van der Waals surface area contributed by atoms with Crippen LogP contribution in [0.25, 0.3) is 10.4 Å². The van der Waals surface area contributed by atoms with Gasteiger partial charge in [0, 0.05) is 28.4 Å². The number of azide groups is 1. The zero-order chi connectivity index (χ0) is 12.8. The second-order valence-electron chi connectivity index (χ2n) is 3.49. The summed E-state index contributed by atoms with van der Waals surface area (Å²) in [6, 6.07) is 1.44. The van der Waals surface area contributed by atoms with E-state index in [1.54, 1.807) is 0 Å². The van der Waals surface area contributed by atoms with Gasteiger partial charge in [0.15, 0.2) is 5.78 Å². The maximum absolute atomic E-state index is 11.1. The van der Waals surface area contributed by atoms with Gasteiger partial charge in [-0.15, -0.1) is 0 Å². The first-order chi connectivity index (χ1) is 8.06. The van der Waals surface area contributed by atoms with Gasteiger partial charge < -0.3 is 10.2 Å². The van der Waals surface area contributed by atoms with Crippen LogP contribution in [0.5, 0.6) is 0 Å². The number of aliphatic hydroxyl groups excluding tert-OH is 2. The topological polar surface area (TPSA) is 119 Å². The van der Waals surface area contributed by atoms with Crippen molar-refractivity contribution in [3.63, 3.8) is 0 Å². The molecule has 1 aromatic rings. The quantitative estimate of drug-likeness (QED) is 0.343. The SMILES string of the molecule is CC(=O)c1cncc(C(O)C(O)CN=[N+]=[N-])c1. The lowest BCUT2D eigenvalue weighted by Gasteiger charge is -2.16. The van der Waals surface area contributed by atoms with Gasteiger partial charge in [-0.05, 0) is 18.5 Å². The third kappa shape index (κ3) is 3.53. The number of aliphatic hydroxyl groups is 2. The molecule has 0 aliphatic heterocycles. The summed E-state index contributed by atoms with van der Waals surface area (Å²) in [5, 5.41) is 22.4. The fourth-order valence-electron chi connectivity index (χ4n) is 1.25. The molecule has 0 fully saturated rings. The average molecular weight is 236 g/mol. The Morgan fingerprint density at radius 1 is 1.59 bits per heavy atom. The predicted octanol–water partition coefficient (Wildman–Crippen LogP) is 0.989. The van der Waals surface area contributed by atoms with Crippen LogP contribution in [0, 0.1) is 0 Å². The molecule has 0 bridgehead atoms. The van der Waals surface area contributed by atoms with Crippen LogP contribution >= 0.6 is 0 Å². The Kier molecular flexibility index (Phi) is 4.59. The summed E-state index contributed by atoms with van der Waals surface area (Å²) >= 11 is 0. The lowest BCUT2D eigenvalue weighted by atomic mass is 10.0. The van der Waals surface area contributed by atoms with Gasteiger partial charge in [0.25, 0.3) is 0 Å². The highest BCUT2D eigenvalue weighted by molar-refractivity contribution is 5.93. The van der Waals surface area contributed by atoms with E-state index in [0.717, 1.165) is 0 Å². The number of hydrogen-bond donors (Lipinski definition) is 2.